The van der Waals surface area contributed by atoms with Crippen LogP contribution in [0.15, 0.2) is 42.9 Å². The molecule has 0 aliphatic carbocycles. The molecule has 124 valence electrons. The number of halogens is 2. The van der Waals surface area contributed by atoms with Crippen LogP contribution in [0.2, 0.25) is 0 Å². The number of hydrogen-bond donors (Lipinski definition) is 1. The van der Waals surface area contributed by atoms with E-state index in [1.54, 1.807) is 0 Å². The number of nitrogens with zero attached hydrogens (tertiary/aromatic N) is 3. The third-order valence-corrected chi connectivity index (χ3v) is 3.80. The number of nitrogens with one attached hydrogen (secondary N) is 1. The molecule has 2 amide bonds. The molecule has 1 aliphatic heterocycles. The Morgan fingerprint density at radius 1 is 1.33 bits per heavy atom. The van der Waals surface area contributed by atoms with Gasteiger partial charge in [0.15, 0.2) is 6.61 Å². The number of hydrogen-bond acceptors (Lipinski definition) is 5. The lowest BCUT2D eigenvalue weighted by Crippen LogP contribution is -2.63. The van der Waals surface area contributed by atoms with E-state index in [0.717, 1.165) is 5.01 Å². The molecule has 2 aromatic rings. The van der Waals surface area contributed by atoms with Crippen molar-refractivity contribution in [3.8, 4) is 5.88 Å². The summed E-state index contributed by atoms with van der Waals surface area (Å²) in [6.07, 6.45) is 4.26. The molecule has 2 atom stereocenters. The Balaban J connectivity index is 1.61. The van der Waals surface area contributed by atoms with Gasteiger partial charge in [-0.2, -0.15) is 0 Å². The zero-order valence-corrected chi connectivity index (χ0v) is 13.0. The minimum Gasteiger partial charge on any atom is -0.466 e. The molecule has 2 unspecified atom stereocenters. The van der Waals surface area contributed by atoms with E-state index in [0.29, 0.717) is 5.56 Å². The Kier molecular flexibility index (Phi) is 4.57. The van der Waals surface area contributed by atoms with Crippen LogP contribution in [0.1, 0.15) is 11.6 Å². The fourth-order valence-electron chi connectivity index (χ4n) is 2.22. The summed E-state index contributed by atoms with van der Waals surface area (Å²) in [6.45, 7) is -0.342. The Labute approximate surface area is 141 Å². The lowest BCUT2D eigenvalue weighted by atomic mass is 9.95. The van der Waals surface area contributed by atoms with Gasteiger partial charge in [0.05, 0.1) is 6.20 Å². The molecule has 1 aromatic heterocycles. The number of benzene rings is 1. The van der Waals surface area contributed by atoms with Gasteiger partial charge in [0, 0.05) is 12.4 Å². The van der Waals surface area contributed by atoms with Crippen LogP contribution in [0.3, 0.4) is 0 Å². The van der Waals surface area contributed by atoms with E-state index in [-0.39, 0.29) is 12.5 Å². The fourth-order valence-corrected chi connectivity index (χ4v) is 2.59. The highest BCUT2D eigenvalue weighted by molar-refractivity contribution is 6.33. The molecule has 9 heteroatoms. The van der Waals surface area contributed by atoms with Gasteiger partial charge >= 0.3 is 0 Å². The van der Waals surface area contributed by atoms with E-state index in [9.17, 15) is 14.0 Å². The normalized spacial score (nSPS) is 19.6. The zero-order valence-electron chi connectivity index (χ0n) is 12.2. The number of β-lactam (4-membered cyclic amide) rings is 1. The minimum atomic E-state index is -0.823. The molecule has 1 saturated heterocycles. The van der Waals surface area contributed by atoms with E-state index in [1.165, 1.54) is 42.9 Å². The molecule has 1 aliphatic rings. The van der Waals surface area contributed by atoms with E-state index in [4.69, 9.17) is 16.3 Å². The van der Waals surface area contributed by atoms with Crippen molar-refractivity contribution < 1.29 is 18.7 Å². The fraction of sp³-hybridized carbons (Fsp3) is 0.200. The van der Waals surface area contributed by atoms with E-state index < -0.39 is 29.1 Å². The van der Waals surface area contributed by atoms with Crippen molar-refractivity contribution in [2.75, 3.05) is 6.61 Å². The summed E-state index contributed by atoms with van der Waals surface area (Å²) in [6, 6.07) is 4.98. The second-order valence-corrected chi connectivity index (χ2v) is 5.44. The van der Waals surface area contributed by atoms with E-state index in [2.05, 4.69) is 15.4 Å². The first kappa shape index (κ1) is 16.1. The molecule has 0 spiro atoms. The molecule has 3 rings (SSSR count). The highest BCUT2D eigenvalue weighted by Gasteiger charge is 2.48. The van der Waals surface area contributed by atoms with Crippen molar-refractivity contribution in [3.63, 3.8) is 0 Å². The molecule has 0 radical (unpaired) electrons. The first-order chi connectivity index (χ1) is 11.6. The number of carbonyl (C=O) groups is 2. The summed E-state index contributed by atoms with van der Waals surface area (Å²) in [5, 5.41) is 0.282. The van der Waals surface area contributed by atoms with Crippen LogP contribution in [0.25, 0.3) is 0 Å². The molecule has 7 nitrogen and oxygen atoms in total. The van der Waals surface area contributed by atoms with Crippen LogP contribution in [-0.4, -0.2) is 38.8 Å². The number of amides is 2. The number of hydrazine groups is 1. The van der Waals surface area contributed by atoms with Gasteiger partial charge in [-0.1, -0.05) is 12.1 Å². The van der Waals surface area contributed by atoms with Crippen molar-refractivity contribution in [1.82, 2.24) is 20.4 Å². The molecule has 1 fully saturated rings. The molecule has 0 bridgehead atoms. The van der Waals surface area contributed by atoms with Crippen molar-refractivity contribution in [2.24, 2.45) is 0 Å². The average molecular weight is 351 g/mol. The van der Waals surface area contributed by atoms with Gasteiger partial charge in [-0.3, -0.25) is 20.0 Å². The number of aromatic nitrogens is 2. The molecule has 1 N–H and O–H groups in total. The molecular weight excluding hydrogens is 339 g/mol. The van der Waals surface area contributed by atoms with Gasteiger partial charge in [-0.05, 0) is 17.7 Å². The standard InChI is InChI=1S/C15H12ClFN4O3/c16-13-14(9-1-3-10(17)4-2-9)21(15(13)23)20-11(22)8-24-12-7-18-5-6-19-12/h1-7,13-14H,8H2,(H,20,22). The maximum Gasteiger partial charge on any atom is 0.276 e. The lowest BCUT2D eigenvalue weighted by molar-refractivity contribution is -0.157. The van der Waals surface area contributed by atoms with Crippen molar-refractivity contribution in [1.29, 1.82) is 0 Å². The Bertz CT molecular complexity index is 744. The Morgan fingerprint density at radius 3 is 2.75 bits per heavy atom. The van der Waals surface area contributed by atoms with Crippen LogP contribution in [0.5, 0.6) is 5.88 Å². The summed E-state index contributed by atoms with van der Waals surface area (Å²) < 4.78 is 18.2. The average Bonchev–Trinajstić information content (AvgIpc) is 2.61. The Hall–Kier alpha value is -2.74. The predicted octanol–water partition coefficient (Wildman–Crippen LogP) is 1.22. The van der Waals surface area contributed by atoms with Crippen LogP contribution < -0.4 is 10.2 Å². The van der Waals surface area contributed by atoms with Gasteiger partial charge in [0.25, 0.3) is 11.8 Å². The summed E-state index contributed by atoms with van der Waals surface area (Å²) >= 11 is 6.01. The van der Waals surface area contributed by atoms with E-state index >= 15 is 0 Å². The van der Waals surface area contributed by atoms with Crippen molar-refractivity contribution in [2.45, 2.75) is 11.4 Å². The minimum absolute atomic E-state index is 0.188. The number of rotatable bonds is 5. The monoisotopic (exact) mass is 350 g/mol. The maximum atomic E-state index is 13.0. The van der Waals surface area contributed by atoms with E-state index in [1.807, 2.05) is 0 Å². The van der Waals surface area contributed by atoms with Gasteiger partial charge < -0.3 is 4.74 Å². The predicted molar refractivity (Wildman–Crippen MR) is 81.3 cm³/mol. The topological polar surface area (TPSA) is 84.4 Å². The number of carbonyl (C=O) groups excluding carboxylic acids is 2. The van der Waals surface area contributed by atoms with Gasteiger partial charge in [-0.15, -0.1) is 11.6 Å². The molecule has 1 aromatic carbocycles. The van der Waals surface area contributed by atoms with Crippen molar-refractivity contribution in [3.05, 3.63) is 54.2 Å². The third kappa shape index (κ3) is 3.28. The molecule has 0 saturated carbocycles. The van der Waals surface area contributed by atoms with Gasteiger partial charge in [-0.25, -0.2) is 14.4 Å². The van der Waals surface area contributed by atoms with Crippen LogP contribution >= 0.6 is 11.6 Å². The van der Waals surface area contributed by atoms with Gasteiger partial charge in [0.1, 0.15) is 17.2 Å². The maximum absolute atomic E-state index is 13.0. The lowest BCUT2D eigenvalue weighted by Gasteiger charge is -2.43. The van der Waals surface area contributed by atoms with Crippen LogP contribution in [0.4, 0.5) is 4.39 Å². The van der Waals surface area contributed by atoms with Crippen molar-refractivity contribution >= 4 is 23.4 Å². The SMILES string of the molecule is O=C(COc1cnccn1)NN1C(=O)C(Cl)C1c1ccc(F)cc1. The summed E-state index contributed by atoms with van der Waals surface area (Å²) in [4.78, 5) is 31.4. The zero-order chi connectivity index (χ0) is 17.1. The smallest absolute Gasteiger partial charge is 0.276 e. The summed E-state index contributed by atoms with van der Waals surface area (Å²) in [7, 11) is 0. The first-order valence-electron chi connectivity index (χ1n) is 6.97. The summed E-state index contributed by atoms with van der Waals surface area (Å²) in [5.74, 6) is -1.21. The van der Waals surface area contributed by atoms with Crippen LogP contribution in [-0.2, 0) is 9.59 Å². The third-order valence-electron chi connectivity index (χ3n) is 3.38. The highest BCUT2D eigenvalue weighted by atomic mass is 35.5. The molecule has 2 heterocycles. The Morgan fingerprint density at radius 2 is 2.08 bits per heavy atom. The second kappa shape index (κ2) is 6.79. The summed E-state index contributed by atoms with van der Waals surface area (Å²) in [5.41, 5.74) is 3.04. The van der Waals surface area contributed by atoms with Crippen LogP contribution in [0, 0.1) is 5.82 Å². The molecular formula is C15H12ClFN4O3. The number of alkyl halides is 1. The second-order valence-electron chi connectivity index (χ2n) is 4.97. The highest BCUT2D eigenvalue weighted by Crippen LogP contribution is 2.36. The number of ether oxygens (including phenoxy) is 1. The van der Waals surface area contributed by atoms with Gasteiger partial charge in [0.2, 0.25) is 5.88 Å². The first-order valence-corrected chi connectivity index (χ1v) is 7.41. The molecule has 24 heavy (non-hydrogen) atoms. The quantitative estimate of drug-likeness (QED) is 0.647. The largest absolute Gasteiger partial charge is 0.466 e.